The lowest BCUT2D eigenvalue weighted by atomic mass is 10.3. The Balaban J connectivity index is 2.06. The predicted octanol–water partition coefficient (Wildman–Crippen LogP) is 3.41. The Labute approximate surface area is 110 Å². The number of nitrogens with zero attached hydrogens (tertiary/aromatic N) is 2. The van der Waals surface area contributed by atoms with Gasteiger partial charge in [0.2, 0.25) is 0 Å². The summed E-state index contributed by atoms with van der Waals surface area (Å²) in [6.07, 6.45) is 3.30. The Bertz CT molecular complexity index is 460. The van der Waals surface area contributed by atoms with Gasteiger partial charge in [0.25, 0.3) is 0 Å². The van der Waals surface area contributed by atoms with E-state index in [1.165, 1.54) is 17.7 Å². The van der Waals surface area contributed by atoms with Crippen LogP contribution in [0.25, 0.3) is 0 Å². The van der Waals surface area contributed by atoms with Gasteiger partial charge < -0.3 is 5.32 Å². The van der Waals surface area contributed by atoms with E-state index in [0.717, 1.165) is 19.3 Å². The summed E-state index contributed by atoms with van der Waals surface area (Å²) < 4.78 is 1.83. The first-order valence-corrected chi connectivity index (χ1v) is 6.52. The van der Waals surface area contributed by atoms with E-state index >= 15 is 0 Å². The SMILES string of the molecule is Clc1sccc1CNc1ncncc1I. The molecule has 0 amide bonds. The summed E-state index contributed by atoms with van der Waals surface area (Å²) in [4.78, 5) is 8.06. The topological polar surface area (TPSA) is 37.8 Å². The standard InChI is InChI=1S/C9H7ClIN3S/c10-8-6(1-2-15-8)3-13-9-7(11)4-12-5-14-9/h1-2,4-5H,3H2,(H,12,13,14). The van der Waals surface area contributed by atoms with E-state index in [1.54, 1.807) is 6.20 Å². The molecule has 1 N–H and O–H groups in total. The van der Waals surface area contributed by atoms with Gasteiger partial charge in [-0.3, -0.25) is 0 Å². The van der Waals surface area contributed by atoms with Crippen LogP contribution in [0, 0.1) is 3.57 Å². The number of hydrogen-bond acceptors (Lipinski definition) is 4. The quantitative estimate of drug-likeness (QED) is 0.861. The Morgan fingerprint density at radius 3 is 3.07 bits per heavy atom. The molecule has 0 aromatic carbocycles. The van der Waals surface area contributed by atoms with Crippen molar-refractivity contribution in [2.45, 2.75) is 6.54 Å². The molecule has 3 nitrogen and oxygen atoms in total. The third-order valence-corrected chi connectivity index (χ3v) is 3.85. The maximum atomic E-state index is 5.99. The van der Waals surface area contributed by atoms with Crippen LogP contribution in [0.2, 0.25) is 4.34 Å². The molecule has 0 spiro atoms. The minimum Gasteiger partial charge on any atom is -0.365 e. The molecule has 0 atom stereocenters. The van der Waals surface area contributed by atoms with Crippen LogP contribution in [0.1, 0.15) is 5.56 Å². The van der Waals surface area contributed by atoms with Gasteiger partial charge in [-0.05, 0) is 34.0 Å². The van der Waals surface area contributed by atoms with Crippen molar-refractivity contribution < 1.29 is 0 Å². The van der Waals surface area contributed by atoms with Crippen LogP contribution in [-0.4, -0.2) is 9.97 Å². The fraction of sp³-hybridized carbons (Fsp3) is 0.111. The fourth-order valence-electron chi connectivity index (χ4n) is 1.07. The summed E-state index contributed by atoms with van der Waals surface area (Å²) in [6.45, 7) is 0.690. The van der Waals surface area contributed by atoms with E-state index in [2.05, 4.69) is 37.9 Å². The number of nitrogens with one attached hydrogen (secondary N) is 1. The van der Waals surface area contributed by atoms with E-state index in [1.807, 2.05) is 11.4 Å². The highest BCUT2D eigenvalue weighted by Crippen LogP contribution is 2.23. The van der Waals surface area contributed by atoms with Crippen molar-refractivity contribution in [2.24, 2.45) is 0 Å². The molecule has 0 aliphatic heterocycles. The van der Waals surface area contributed by atoms with Crippen LogP contribution in [0.5, 0.6) is 0 Å². The summed E-state index contributed by atoms with van der Waals surface area (Å²) in [6, 6.07) is 2.01. The van der Waals surface area contributed by atoms with E-state index in [0.29, 0.717) is 6.54 Å². The van der Waals surface area contributed by atoms with Gasteiger partial charge >= 0.3 is 0 Å². The van der Waals surface area contributed by atoms with Gasteiger partial charge in [0, 0.05) is 18.3 Å². The molecule has 0 fully saturated rings. The van der Waals surface area contributed by atoms with E-state index in [9.17, 15) is 0 Å². The number of rotatable bonds is 3. The molecule has 78 valence electrons. The number of aromatic nitrogens is 2. The zero-order valence-corrected chi connectivity index (χ0v) is 11.3. The van der Waals surface area contributed by atoms with E-state index < -0.39 is 0 Å². The number of anilines is 1. The Morgan fingerprint density at radius 1 is 1.53 bits per heavy atom. The van der Waals surface area contributed by atoms with Crippen molar-refractivity contribution in [3.05, 3.63) is 37.4 Å². The summed E-state index contributed by atoms with van der Waals surface area (Å²) in [7, 11) is 0. The minimum absolute atomic E-state index is 0.690. The van der Waals surface area contributed by atoms with Crippen molar-refractivity contribution >= 4 is 51.3 Å². The normalized spacial score (nSPS) is 10.3. The van der Waals surface area contributed by atoms with Crippen molar-refractivity contribution in [1.82, 2.24) is 9.97 Å². The molecule has 6 heteroatoms. The van der Waals surface area contributed by atoms with Crippen LogP contribution >= 0.6 is 45.5 Å². The zero-order valence-electron chi connectivity index (χ0n) is 7.58. The molecule has 0 aliphatic carbocycles. The van der Waals surface area contributed by atoms with Gasteiger partial charge in [-0.15, -0.1) is 11.3 Å². The van der Waals surface area contributed by atoms with Crippen molar-refractivity contribution in [1.29, 1.82) is 0 Å². The van der Waals surface area contributed by atoms with Crippen molar-refractivity contribution in [2.75, 3.05) is 5.32 Å². The first-order valence-electron chi connectivity index (χ1n) is 4.18. The molecule has 0 saturated carbocycles. The summed E-state index contributed by atoms with van der Waals surface area (Å²) >= 11 is 9.72. The molecule has 0 unspecified atom stereocenters. The summed E-state index contributed by atoms with van der Waals surface area (Å²) in [5, 5.41) is 5.20. The second-order valence-corrected chi connectivity index (χ2v) is 5.47. The fourth-order valence-corrected chi connectivity index (χ4v) is 2.49. The zero-order chi connectivity index (χ0) is 10.7. The lowest BCUT2D eigenvalue weighted by Gasteiger charge is -2.05. The predicted molar refractivity (Wildman–Crippen MR) is 71.4 cm³/mol. The Hall–Kier alpha value is -0.400. The number of hydrogen-bond donors (Lipinski definition) is 1. The van der Waals surface area contributed by atoms with Crippen LogP contribution in [0.15, 0.2) is 24.0 Å². The second-order valence-electron chi connectivity index (χ2n) is 2.79. The lowest BCUT2D eigenvalue weighted by Crippen LogP contribution is -2.02. The number of thiophene rings is 1. The third kappa shape index (κ3) is 2.79. The first kappa shape index (κ1) is 11.1. The monoisotopic (exact) mass is 351 g/mol. The molecule has 2 heterocycles. The van der Waals surface area contributed by atoms with Crippen molar-refractivity contribution in [3.63, 3.8) is 0 Å². The molecule has 0 aliphatic rings. The average molecular weight is 352 g/mol. The van der Waals surface area contributed by atoms with Crippen LogP contribution in [0.3, 0.4) is 0 Å². The van der Waals surface area contributed by atoms with Gasteiger partial charge in [-0.2, -0.15) is 0 Å². The van der Waals surface area contributed by atoms with Crippen molar-refractivity contribution in [3.8, 4) is 0 Å². The lowest BCUT2D eigenvalue weighted by molar-refractivity contribution is 1.08. The molecule has 0 bridgehead atoms. The van der Waals surface area contributed by atoms with Crippen LogP contribution < -0.4 is 5.32 Å². The maximum absolute atomic E-state index is 5.99. The molecular formula is C9H7ClIN3S. The maximum Gasteiger partial charge on any atom is 0.143 e. The van der Waals surface area contributed by atoms with Gasteiger partial charge in [0.15, 0.2) is 0 Å². The highest BCUT2D eigenvalue weighted by Gasteiger charge is 2.03. The number of halogens is 2. The smallest absolute Gasteiger partial charge is 0.143 e. The first-order chi connectivity index (χ1) is 7.27. The average Bonchev–Trinajstić information content (AvgIpc) is 2.63. The second kappa shape index (κ2) is 5.09. The molecular weight excluding hydrogens is 345 g/mol. The van der Waals surface area contributed by atoms with E-state index in [-0.39, 0.29) is 0 Å². The molecule has 0 saturated heterocycles. The highest BCUT2D eigenvalue weighted by molar-refractivity contribution is 14.1. The van der Waals surface area contributed by atoms with Gasteiger partial charge in [-0.1, -0.05) is 11.6 Å². The Kier molecular flexibility index (Phi) is 3.76. The van der Waals surface area contributed by atoms with Crippen LogP contribution in [-0.2, 0) is 6.54 Å². The van der Waals surface area contributed by atoms with Gasteiger partial charge in [0.05, 0.1) is 7.91 Å². The highest BCUT2D eigenvalue weighted by atomic mass is 127. The molecule has 2 rings (SSSR count). The van der Waals surface area contributed by atoms with Crippen LogP contribution in [0.4, 0.5) is 5.82 Å². The summed E-state index contributed by atoms with van der Waals surface area (Å²) in [5.41, 5.74) is 1.09. The Morgan fingerprint density at radius 2 is 2.40 bits per heavy atom. The minimum atomic E-state index is 0.690. The molecule has 2 aromatic heterocycles. The van der Waals surface area contributed by atoms with E-state index in [4.69, 9.17) is 11.6 Å². The molecule has 0 radical (unpaired) electrons. The third-order valence-electron chi connectivity index (χ3n) is 1.81. The largest absolute Gasteiger partial charge is 0.365 e. The summed E-state index contributed by atoms with van der Waals surface area (Å²) in [5.74, 6) is 0.841. The van der Waals surface area contributed by atoms with Gasteiger partial charge in [0.1, 0.15) is 12.1 Å². The molecule has 2 aromatic rings. The molecule has 15 heavy (non-hydrogen) atoms. The van der Waals surface area contributed by atoms with Gasteiger partial charge in [-0.25, -0.2) is 9.97 Å².